The third-order valence-corrected chi connectivity index (χ3v) is 4.70. The summed E-state index contributed by atoms with van der Waals surface area (Å²) in [5, 5.41) is 2.79. The smallest absolute Gasteiger partial charge is 0.321 e. The van der Waals surface area contributed by atoms with Crippen LogP contribution in [0, 0.1) is 19.7 Å². The molecule has 0 spiro atoms. The zero-order chi connectivity index (χ0) is 18.0. The lowest BCUT2D eigenvalue weighted by atomic mass is 10.1. The van der Waals surface area contributed by atoms with Crippen molar-refractivity contribution in [2.45, 2.75) is 26.8 Å². The predicted octanol–water partition coefficient (Wildman–Crippen LogP) is 4.19. The number of hydrogen-bond donors (Lipinski definition) is 1. The maximum absolute atomic E-state index is 13.6. The third-order valence-electron chi connectivity index (χ3n) is 4.70. The number of nitrogens with zero attached hydrogens (tertiary/aromatic N) is 2. The SMILES string of the molecule is Cc1ccc(N2CCN(C(=O)Nc3ccc(C)c(F)c3)CC2C)cc1. The maximum Gasteiger partial charge on any atom is 0.321 e. The van der Waals surface area contributed by atoms with Crippen LogP contribution in [-0.4, -0.2) is 36.6 Å². The van der Waals surface area contributed by atoms with Gasteiger partial charge >= 0.3 is 6.03 Å². The summed E-state index contributed by atoms with van der Waals surface area (Å²) in [6.45, 7) is 7.94. The molecule has 0 saturated carbocycles. The maximum atomic E-state index is 13.6. The monoisotopic (exact) mass is 341 g/mol. The van der Waals surface area contributed by atoms with Crippen molar-refractivity contribution in [2.75, 3.05) is 29.9 Å². The van der Waals surface area contributed by atoms with E-state index < -0.39 is 0 Å². The summed E-state index contributed by atoms with van der Waals surface area (Å²) in [5.74, 6) is -0.310. The normalized spacial score (nSPS) is 17.5. The quantitative estimate of drug-likeness (QED) is 0.889. The Kier molecular flexibility index (Phi) is 4.93. The zero-order valence-corrected chi connectivity index (χ0v) is 14.9. The Morgan fingerprint density at radius 2 is 1.84 bits per heavy atom. The number of carbonyl (C=O) groups is 1. The van der Waals surface area contributed by atoms with Gasteiger partial charge in [-0.25, -0.2) is 9.18 Å². The molecule has 25 heavy (non-hydrogen) atoms. The minimum atomic E-state index is -0.310. The Morgan fingerprint density at radius 3 is 2.48 bits per heavy atom. The van der Waals surface area contributed by atoms with Crippen molar-refractivity contribution in [3.63, 3.8) is 0 Å². The van der Waals surface area contributed by atoms with E-state index in [0.29, 0.717) is 24.3 Å². The molecule has 2 amide bonds. The lowest BCUT2D eigenvalue weighted by Crippen LogP contribution is -2.54. The Balaban J connectivity index is 1.62. The van der Waals surface area contributed by atoms with Crippen LogP contribution in [-0.2, 0) is 0 Å². The van der Waals surface area contributed by atoms with Gasteiger partial charge < -0.3 is 15.1 Å². The van der Waals surface area contributed by atoms with Crippen LogP contribution in [0.4, 0.5) is 20.6 Å². The van der Waals surface area contributed by atoms with Crippen molar-refractivity contribution in [3.8, 4) is 0 Å². The van der Waals surface area contributed by atoms with E-state index in [0.717, 1.165) is 6.54 Å². The molecule has 1 heterocycles. The van der Waals surface area contributed by atoms with E-state index >= 15 is 0 Å². The Bertz CT molecular complexity index is 760. The number of rotatable bonds is 2. The number of piperazine rings is 1. The molecule has 1 unspecified atom stereocenters. The van der Waals surface area contributed by atoms with Crippen molar-refractivity contribution >= 4 is 17.4 Å². The summed E-state index contributed by atoms with van der Waals surface area (Å²) in [7, 11) is 0. The minimum absolute atomic E-state index is 0.182. The average Bonchev–Trinajstić information content (AvgIpc) is 2.59. The van der Waals surface area contributed by atoms with Crippen molar-refractivity contribution in [2.24, 2.45) is 0 Å². The first-order valence-corrected chi connectivity index (χ1v) is 8.59. The van der Waals surface area contributed by atoms with Gasteiger partial charge in [-0.05, 0) is 50.6 Å². The van der Waals surface area contributed by atoms with E-state index in [4.69, 9.17) is 0 Å². The van der Waals surface area contributed by atoms with Crippen LogP contribution in [0.5, 0.6) is 0 Å². The Morgan fingerprint density at radius 1 is 1.12 bits per heavy atom. The number of halogens is 1. The first-order valence-electron chi connectivity index (χ1n) is 8.59. The molecule has 2 aromatic carbocycles. The van der Waals surface area contributed by atoms with Crippen LogP contribution in [0.2, 0.25) is 0 Å². The highest BCUT2D eigenvalue weighted by molar-refractivity contribution is 5.89. The molecule has 1 saturated heterocycles. The summed E-state index contributed by atoms with van der Waals surface area (Å²) >= 11 is 0. The molecule has 1 fully saturated rings. The van der Waals surface area contributed by atoms with Gasteiger partial charge in [-0.2, -0.15) is 0 Å². The van der Waals surface area contributed by atoms with Crippen molar-refractivity contribution in [1.29, 1.82) is 0 Å². The summed E-state index contributed by atoms with van der Waals surface area (Å²) in [5.41, 5.74) is 3.47. The van der Waals surface area contributed by atoms with Crippen LogP contribution in [0.15, 0.2) is 42.5 Å². The van der Waals surface area contributed by atoms with E-state index in [9.17, 15) is 9.18 Å². The van der Waals surface area contributed by atoms with Crippen LogP contribution in [0.25, 0.3) is 0 Å². The molecule has 0 radical (unpaired) electrons. The topological polar surface area (TPSA) is 35.6 Å². The van der Waals surface area contributed by atoms with E-state index in [1.807, 2.05) is 0 Å². The van der Waals surface area contributed by atoms with Gasteiger partial charge in [0.2, 0.25) is 0 Å². The number of amides is 2. The van der Waals surface area contributed by atoms with Gasteiger partial charge in [-0.1, -0.05) is 23.8 Å². The van der Waals surface area contributed by atoms with Crippen LogP contribution < -0.4 is 10.2 Å². The van der Waals surface area contributed by atoms with Crippen LogP contribution in [0.1, 0.15) is 18.1 Å². The number of benzene rings is 2. The molecule has 0 bridgehead atoms. The first kappa shape index (κ1) is 17.3. The summed E-state index contributed by atoms with van der Waals surface area (Å²) < 4.78 is 13.6. The van der Waals surface area contributed by atoms with Gasteiger partial charge in [0, 0.05) is 37.1 Å². The van der Waals surface area contributed by atoms with Crippen molar-refractivity contribution < 1.29 is 9.18 Å². The molecule has 4 nitrogen and oxygen atoms in total. The highest BCUT2D eigenvalue weighted by Crippen LogP contribution is 2.22. The lowest BCUT2D eigenvalue weighted by molar-refractivity contribution is 0.200. The van der Waals surface area contributed by atoms with E-state index in [-0.39, 0.29) is 17.9 Å². The van der Waals surface area contributed by atoms with E-state index in [2.05, 4.69) is 48.3 Å². The number of nitrogens with one attached hydrogen (secondary N) is 1. The molecule has 1 aliphatic heterocycles. The minimum Gasteiger partial charge on any atom is -0.365 e. The van der Waals surface area contributed by atoms with Gasteiger partial charge in [0.1, 0.15) is 5.82 Å². The predicted molar refractivity (Wildman–Crippen MR) is 99.7 cm³/mol. The Hall–Kier alpha value is -2.56. The zero-order valence-electron chi connectivity index (χ0n) is 14.9. The molecule has 1 N–H and O–H groups in total. The molecule has 0 aliphatic carbocycles. The van der Waals surface area contributed by atoms with E-state index in [1.165, 1.54) is 17.3 Å². The molecule has 2 aromatic rings. The molecule has 132 valence electrons. The second-order valence-electron chi connectivity index (χ2n) is 6.72. The van der Waals surface area contributed by atoms with Crippen molar-refractivity contribution in [3.05, 3.63) is 59.4 Å². The lowest BCUT2D eigenvalue weighted by Gasteiger charge is -2.41. The average molecular weight is 341 g/mol. The van der Waals surface area contributed by atoms with Crippen molar-refractivity contribution in [1.82, 2.24) is 4.90 Å². The van der Waals surface area contributed by atoms with Crippen LogP contribution >= 0.6 is 0 Å². The Labute approximate surface area is 148 Å². The largest absolute Gasteiger partial charge is 0.365 e. The number of carbonyl (C=O) groups excluding carboxylic acids is 1. The molecule has 1 aliphatic rings. The fourth-order valence-electron chi connectivity index (χ4n) is 3.14. The highest BCUT2D eigenvalue weighted by Gasteiger charge is 2.27. The fourth-order valence-corrected chi connectivity index (χ4v) is 3.14. The molecule has 5 heteroatoms. The second kappa shape index (κ2) is 7.13. The van der Waals surface area contributed by atoms with Gasteiger partial charge in [0.25, 0.3) is 0 Å². The summed E-state index contributed by atoms with van der Waals surface area (Å²) in [6, 6.07) is 13.2. The third kappa shape index (κ3) is 3.92. The molecule has 1 atom stereocenters. The second-order valence-corrected chi connectivity index (χ2v) is 6.72. The van der Waals surface area contributed by atoms with Crippen LogP contribution in [0.3, 0.4) is 0 Å². The number of hydrogen-bond acceptors (Lipinski definition) is 2. The standard InChI is InChI=1S/C20H24FN3O/c1-14-4-8-18(9-5-14)24-11-10-23(13-16(24)3)20(25)22-17-7-6-15(2)19(21)12-17/h4-9,12,16H,10-11,13H2,1-3H3,(H,22,25). The number of anilines is 2. The fraction of sp³-hybridized carbons (Fsp3) is 0.350. The van der Waals surface area contributed by atoms with Gasteiger partial charge in [-0.15, -0.1) is 0 Å². The molecular formula is C20H24FN3O. The number of aryl methyl sites for hydroxylation is 2. The van der Waals surface area contributed by atoms with Gasteiger partial charge in [0.15, 0.2) is 0 Å². The highest BCUT2D eigenvalue weighted by atomic mass is 19.1. The number of urea groups is 1. The molecular weight excluding hydrogens is 317 g/mol. The van der Waals surface area contributed by atoms with E-state index in [1.54, 1.807) is 24.0 Å². The first-order chi connectivity index (χ1) is 11.9. The summed E-state index contributed by atoms with van der Waals surface area (Å²) in [6.07, 6.45) is 0. The molecule has 0 aromatic heterocycles. The van der Waals surface area contributed by atoms with Gasteiger partial charge in [0.05, 0.1) is 0 Å². The van der Waals surface area contributed by atoms with Gasteiger partial charge in [-0.3, -0.25) is 0 Å². The summed E-state index contributed by atoms with van der Waals surface area (Å²) in [4.78, 5) is 16.6. The molecule has 3 rings (SSSR count).